The van der Waals surface area contributed by atoms with Gasteiger partial charge in [0.15, 0.2) is 0 Å². The van der Waals surface area contributed by atoms with E-state index in [2.05, 4.69) is 51.6 Å². The standard InChI is InChI=1S/C13H21BrN2OS/c1-3-15-11(8-13-10(14)4-7-18-13)12-9-16(2)5-6-17-12/h4,7,11-12,15H,3,5-6,8-9H2,1-2H3. The molecule has 1 aromatic heterocycles. The number of rotatable bonds is 5. The van der Waals surface area contributed by atoms with Crippen LogP contribution < -0.4 is 5.32 Å². The lowest BCUT2D eigenvalue weighted by Crippen LogP contribution is -2.52. The van der Waals surface area contributed by atoms with E-state index in [-0.39, 0.29) is 6.10 Å². The molecule has 2 atom stereocenters. The Labute approximate surface area is 122 Å². The first-order valence-corrected chi connectivity index (χ1v) is 8.13. The highest BCUT2D eigenvalue weighted by Crippen LogP contribution is 2.25. The van der Waals surface area contributed by atoms with Crippen molar-refractivity contribution in [1.82, 2.24) is 10.2 Å². The minimum absolute atomic E-state index is 0.290. The predicted octanol–water partition coefficient (Wildman–Crippen LogP) is 2.36. The molecule has 2 unspecified atom stereocenters. The van der Waals surface area contributed by atoms with E-state index in [0.717, 1.165) is 32.7 Å². The van der Waals surface area contributed by atoms with Gasteiger partial charge in [-0.1, -0.05) is 6.92 Å². The van der Waals surface area contributed by atoms with E-state index in [9.17, 15) is 0 Å². The highest BCUT2D eigenvalue weighted by atomic mass is 79.9. The molecule has 0 bridgehead atoms. The molecule has 3 nitrogen and oxygen atoms in total. The van der Waals surface area contributed by atoms with Crippen LogP contribution in [-0.4, -0.2) is 50.3 Å². The molecule has 2 rings (SSSR count). The van der Waals surface area contributed by atoms with E-state index in [4.69, 9.17) is 4.74 Å². The van der Waals surface area contributed by atoms with Crippen LogP contribution in [0.1, 0.15) is 11.8 Å². The summed E-state index contributed by atoms with van der Waals surface area (Å²) in [7, 11) is 2.17. The fraction of sp³-hybridized carbons (Fsp3) is 0.692. The lowest BCUT2D eigenvalue weighted by molar-refractivity contribution is -0.0380. The Hall–Kier alpha value is 0.0600. The van der Waals surface area contributed by atoms with Gasteiger partial charge in [0, 0.05) is 34.9 Å². The number of hydrogen-bond donors (Lipinski definition) is 1. The average molecular weight is 333 g/mol. The molecule has 1 aliphatic heterocycles. The van der Waals surface area contributed by atoms with Crippen LogP contribution in [0.5, 0.6) is 0 Å². The maximum absolute atomic E-state index is 5.94. The Morgan fingerprint density at radius 1 is 1.67 bits per heavy atom. The van der Waals surface area contributed by atoms with Gasteiger partial charge in [-0.2, -0.15) is 0 Å². The zero-order valence-corrected chi connectivity index (χ0v) is 13.4. The number of thiophene rings is 1. The minimum atomic E-state index is 0.290. The van der Waals surface area contributed by atoms with Gasteiger partial charge >= 0.3 is 0 Å². The molecule has 2 heterocycles. The van der Waals surface area contributed by atoms with Crippen molar-refractivity contribution in [2.24, 2.45) is 0 Å². The summed E-state index contributed by atoms with van der Waals surface area (Å²) in [5.74, 6) is 0. The molecule has 0 saturated carbocycles. The highest BCUT2D eigenvalue weighted by Gasteiger charge is 2.27. The van der Waals surface area contributed by atoms with E-state index in [1.165, 1.54) is 9.35 Å². The van der Waals surface area contributed by atoms with Crippen molar-refractivity contribution < 1.29 is 4.74 Å². The smallest absolute Gasteiger partial charge is 0.0858 e. The zero-order valence-electron chi connectivity index (χ0n) is 11.0. The molecule has 1 saturated heterocycles. The van der Waals surface area contributed by atoms with Crippen LogP contribution >= 0.6 is 27.3 Å². The number of ether oxygens (including phenoxy) is 1. The van der Waals surface area contributed by atoms with Crippen molar-refractivity contribution in [2.45, 2.75) is 25.5 Å². The van der Waals surface area contributed by atoms with Gasteiger partial charge in [0.2, 0.25) is 0 Å². The Morgan fingerprint density at radius 2 is 2.50 bits per heavy atom. The summed E-state index contributed by atoms with van der Waals surface area (Å²) in [4.78, 5) is 3.75. The number of morpholine rings is 1. The Kier molecular flexibility index (Phi) is 5.63. The molecule has 5 heteroatoms. The number of likely N-dealkylation sites (N-methyl/N-ethyl adjacent to an activating group) is 2. The predicted molar refractivity (Wildman–Crippen MR) is 80.4 cm³/mol. The molecule has 1 aromatic rings. The molecule has 0 aliphatic carbocycles. The summed E-state index contributed by atoms with van der Waals surface area (Å²) in [6, 6.07) is 2.52. The van der Waals surface area contributed by atoms with Crippen molar-refractivity contribution in [3.8, 4) is 0 Å². The fourth-order valence-corrected chi connectivity index (χ4v) is 3.90. The molecule has 0 amide bonds. The van der Waals surface area contributed by atoms with Gasteiger partial charge in [0.25, 0.3) is 0 Å². The Bertz CT molecular complexity index is 372. The van der Waals surface area contributed by atoms with Crippen LogP contribution in [0.15, 0.2) is 15.9 Å². The number of halogens is 1. The van der Waals surface area contributed by atoms with Gasteiger partial charge in [-0.3, -0.25) is 0 Å². The number of nitrogens with zero attached hydrogens (tertiary/aromatic N) is 1. The van der Waals surface area contributed by atoms with E-state index in [1.54, 1.807) is 0 Å². The van der Waals surface area contributed by atoms with E-state index in [1.807, 2.05) is 11.3 Å². The van der Waals surface area contributed by atoms with E-state index >= 15 is 0 Å². The molecule has 1 aliphatic rings. The first kappa shape index (κ1) is 14.5. The normalized spacial score (nSPS) is 23.2. The van der Waals surface area contributed by atoms with Crippen LogP contribution in [0.3, 0.4) is 0 Å². The minimum Gasteiger partial charge on any atom is -0.374 e. The van der Waals surface area contributed by atoms with Crippen molar-refractivity contribution in [3.63, 3.8) is 0 Å². The first-order valence-electron chi connectivity index (χ1n) is 6.46. The molecule has 0 radical (unpaired) electrons. The molecule has 0 spiro atoms. The summed E-state index contributed by atoms with van der Waals surface area (Å²) < 4.78 is 7.16. The summed E-state index contributed by atoms with van der Waals surface area (Å²) >= 11 is 5.43. The lowest BCUT2D eigenvalue weighted by Gasteiger charge is -2.35. The second-order valence-corrected chi connectivity index (χ2v) is 6.59. The zero-order chi connectivity index (χ0) is 13.0. The van der Waals surface area contributed by atoms with Crippen molar-refractivity contribution >= 4 is 27.3 Å². The molecule has 102 valence electrons. The molecule has 0 aromatic carbocycles. The van der Waals surface area contributed by atoms with Crippen LogP contribution in [0.2, 0.25) is 0 Å². The summed E-state index contributed by atoms with van der Waals surface area (Å²) in [5, 5.41) is 5.71. The molecule has 1 fully saturated rings. The van der Waals surface area contributed by atoms with E-state index in [0.29, 0.717) is 6.04 Å². The summed E-state index contributed by atoms with van der Waals surface area (Å²) in [5.41, 5.74) is 0. The third kappa shape index (κ3) is 3.78. The van der Waals surface area contributed by atoms with Gasteiger partial charge in [-0.25, -0.2) is 0 Å². The van der Waals surface area contributed by atoms with Crippen molar-refractivity contribution in [2.75, 3.05) is 33.3 Å². The quantitative estimate of drug-likeness (QED) is 0.895. The van der Waals surface area contributed by atoms with Gasteiger partial charge in [0.05, 0.1) is 12.7 Å². The van der Waals surface area contributed by atoms with Gasteiger partial charge in [-0.15, -0.1) is 11.3 Å². The van der Waals surface area contributed by atoms with Crippen LogP contribution in [0.4, 0.5) is 0 Å². The highest BCUT2D eigenvalue weighted by molar-refractivity contribution is 9.10. The third-order valence-corrected chi connectivity index (χ3v) is 5.26. The van der Waals surface area contributed by atoms with Gasteiger partial charge in [-0.05, 0) is 41.0 Å². The van der Waals surface area contributed by atoms with Crippen LogP contribution in [0.25, 0.3) is 0 Å². The monoisotopic (exact) mass is 332 g/mol. The largest absolute Gasteiger partial charge is 0.374 e. The van der Waals surface area contributed by atoms with Gasteiger partial charge < -0.3 is 15.0 Å². The first-order chi connectivity index (χ1) is 8.70. The van der Waals surface area contributed by atoms with Crippen LogP contribution in [-0.2, 0) is 11.2 Å². The fourth-order valence-electron chi connectivity index (χ4n) is 2.32. The third-order valence-electron chi connectivity index (χ3n) is 3.31. The SMILES string of the molecule is CCNC(Cc1sccc1Br)C1CN(C)CCO1. The van der Waals surface area contributed by atoms with Crippen molar-refractivity contribution in [1.29, 1.82) is 0 Å². The topological polar surface area (TPSA) is 24.5 Å². The second-order valence-electron chi connectivity index (χ2n) is 4.73. The number of hydrogen-bond acceptors (Lipinski definition) is 4. The van der Waals surface area contributed by atoms with Crippen LogP contribution in [0, 0.1) is 0 Å². The number of nitrogens with one attached hydrogen (secondary N) is 1. The summed E-state index contributed by atoms with van der Waals surface area (Å²) in [6.07, 6.45) is 1.32. The average Bonchev–Trinajstić information content (AvgIpc) is 2.74. The Morgan fingerprint density at radius 3 is 3.11 bits per heavy atom. The lowest BCUT2D eigenvalue weighted by atomic mass is 10.0. The van der Waals surface area contributed by atoms with Gasteiger partial charge in [0.1, 0.15) is 0 Å². The maximum atomic E-state index is 5.94. The maximum Gasteiger partial charge on any atom is 0.0858 e. The second kappa shape index (κ2) is 7.01. The Balaban J connectivity index is 2.01. The van der Waals surface area contributed by atoms with Crippen molar-refractivity contribution in [3.05, 3.63) is 20.8 Å². The molecular formula is C13H21BrN2OS. The molecule has 18 heavy (non-hydrogen) atoms. The molecular weight excluding hydrogens is 312 g/mol. The van der Waals surface area contributed by atoms with E-state index < -0.39 is 0 Å². The molecule has 1 N–H and O–H groups in total. The summed E-state index contributed by atoms with van der Waals surface area (Å²) in [6.45, 7) is 6.04.